The Kier molecular flexibility index (Phi) is 5.96. The highest BCUT2D eigenvalue weighted by atomic mass is 16.5. The van der Waals surface area contributed by atoms with Gasteiger partial charge in [0.05, 0.1) is 0 Å². The minimum Gasteiger partial charge on any atom is -0.489 e. The van der Waals surface area contributed by atoms with Crippen molar-refractivity contribution >= 4 is 11.4 Å². The van der Waals surface area contributed by atoms with E-state index in [2.05, 4.69) is 19.7 Å². The molecule has 1 aromatic rings. The zero-order chi connectivity index (χ0) is 17.5. The minimum atomic E-state index is 0.0184. The zero-order valence-corrected chi connectivity index (χ0v) is 13.9. The van der Waals surface area contributed by atoms with Gasteiger partial charge in [-0.1, -0.05) is 50.1 Å². The Hall–Kier alpha value is -2.81. The molecule has 0 saturated heterocycles. The third-order valence-corrected chi connectivity index (χ3v) is 4.08. The number of rotatable bonds is 7. The lowest BCUT2D eigenvalue weighted by atomic mass is 9.94. The predicted molar refractivity (Wildman–Crippen MR) is 103 cm³/mol. The van der Waals surface area contributed by atoms with Crippen LogP contribution in [-0.4, -0.2) is 12.3 Å². The molecular weight excluding hydrogens is 296 g/mol. The van der Waals surface area contributed by atoms with Crippen LogP contribution in [0.5, 0.6) is 5.75 Å². The number of nitrogens with two attached hydrogens (primary N) is 1. The summed E-state index contributed by atoms with van der Waals surface area (Å²) < 4.78 is 5.88. The van der Waals surface area contributed by atoms with Crippen molar-refractivity contribution < 1.29 is 4.74 Å². The molecule has 3 N–H and O–H groups in total. The highest BCUT2D eigenvalue weighted by molar-refractivity contribution is 6.04. The Morgan fingerprint density at radius 1 is 1.33 bits per heavy atom. The largest absolute Gasteiger partial charge is 0.489 e. The molecule has 1 aromatic carbocycles. The molecule has 0 radical (unpaired) electrons. The Morgan fingerprint density at radius 2 is 2.12 bits per heavy atom. The standard InChI is InChI=1S/C21H24N2O/c1-4-6-8-16(7-5-2)14-24-17-10-12-20(22)19(13-17)18-11-9-15(3)21(18)23/h4-8,10,12-13,18,23H,1-3,9,11,14,22H2/b8-6-,16-7+,23-21?. The zero-order valence-electron chi connectivity index (χ0n) is 13.9. The lowest BCUT2D eigenvalue weighted by molar-refractivity contribution is 0.355. The molecular formula is C21H24N2O. The molecule has 124 valence electrons. The first kappa shape index (κ1) is 17.5. The molecule has 3 nitrogen and oxygen atoms in total. The Bertz CT molecular complexity index is 725. The fourth-order valence-corrected chi connectivity index (χ4v) is 2.76. The van der Waals surface area contributed by atoms with Gasteiger partial charge in [0.1, 0.15) is 12.4 Å². The lowest BCUT2D eigenvalue weighted by Crippen LogP contribution is -2.08. The average molecular weight is 320 g/mol. The molecule has 3 heteroatoms. The first-order valence-electron chi connectivity index (χ1n) is 7.96. The van der Waals surface area contributed by atoms with Crippen LogP contribution in [0, 0.1) is 5.41 Å². The van der Waals surface area contributed by atoms with Crippen LogP contribution in [0.1, 0.15) is 24.3 Å². The van der Waals surface area contributed by atoms with E-state index >= 15 is 0 Å². The molecule has 0 amide bonds. The number of hydrogen-bond acceptors (Lipinski definition) is 3. The van der Waals surface area contributed by atoms with Gasteiger partial charge >= 0.3 is 0 Å². The maximum absolute atomic E-state index is 8.18. The maximum Gasteiger partial charge on any atom is 0.120 e. The second kappa shape index (κ2) is 8.16. The number of benzene rings is 1. The molecule has 0 aliphatic heterocycles. The van der Waals surface area contributed by atoms with Crippen molar-refractivity contribution in [2.24, 2.45) is 0 Å². The van der Waals surface area contributed by atoms with Crippen molar-refractivity contribution in [3.05, 3.63) is 85.0 Å². The van der Waals surface area contributed by atoms with Crippen LogP contribution in [0.2, 0.25) is 0 Å². The second-order valence-electron chi connectivity index (χ2n) is 5.76. The van der Waals surface area contributed by atoms with Gasteiger partial charge < -0.3 is 15.9 Å². The van der Waals surface area contributed by atoms with Crippen molar-refractivity contribution in [2.45, 2.75) is 18.8 Å². The summed E-state index contributed by atoms with van der Waals surface area (Å²) in [5.41, 5.74) is 10.2. The van der Waals surface area contributed by atoms with Crippen molar-refractivity contribution in [1.82, 2.24) is 0 Å². The molecule has 1 fully saturated rings. The van der Waals surface area contributed by atoms with Crippen LogP contribution in [0.3, 0.4) is 0 Å². The van der Waals surface area contributed by atoms with E-state index in [9.17, 15) is 0 Å². The lowest BCUT2D eigenvalue weighted by Gasteiger charge is -2.15. The van der Waals surface area contributed by atoms with Crippen LogP contribution < -0.4 is 10.5 Å². The molecule has 0 bridgehead atoms. The Morgan fingerprint density at radius 3 is 2.75 bits per heavy atom. The second-order valence-corrected chi connectivity index (χ2v) is 5.76. The Labute approximate surface area is 144 Å². The summed E-state index contributed by atoms with van der Waals surface area (Å²) >= 11 is 0. The van der Waals surface area contributed by atoms with Gasteiger partial charge in [-0.05, 0) is 47.8 Å². The number of hydrogen-bond donors (Lipinski definition) is 2. The van der Waals surface area contributed by atoms with Gasteiger partial charge in [0.25, 0.3) is 0 Å². The summed E-state index contributed by atoms with van der Waals surface area (Å²) in [7, 11) is 0. The number of nitrogens with one attached hydrogen (secondary N) is 1. The summed E-state index contributed by atoms with van der Waals surface area (Å²) in [6.45, 7) is 11.8. The first-order chi connectivity index (χ1) is 11.6. The van der Waals surface area contributed by atoms with E-state index in [4.69, 9.17) is 15.9 Å². The van der Waals surface area contributed by atoms with Gasteiger partial charge in [0, 0.05) is 17.3 Å². The van der Waals surface area contributed by atoms with Gasteiger partial charge in [-0.15, -0.1) is 0 Å². The molecule has 0 aromatic heterocycles. The average Bonchev–Trinajstić information content (AvgIpc) is 2.91. The van der Waals surface area contributed by atoms with Crippen LogP contribution in [0.15, 0.2) is 79.5 Å². The van der Waals surface area contributed by atoms with Crippen LogP contribution >= 0.6 is 0 Å². The van der Waals surface area contributed by atoms with Crippen molar-refractivity contribution in [3.63, 3.8) is 0 Å². The summed E-state index contributed by atoms with van der Waals surface area (Å²) in [4.78, 5) is 0. The maximum atomic E-state index is 8.18. The summed E-state index contributed by atoms with van der Waals surface area (Å²) in [5.74, 6) is 0.761. The van der Waals surface area contributed by atoms with Crippen molar-refractivity contribution in [2.75, 3.05) is 12.3 Å². The molecule has 0 heterocycles. The summed E-state index contributed by atoms with van der Waals surface area (Å²) in [5, 5.41) is 8.18. The number of ether oxygens (including phenoxy) is 1. The van der Waals surface area contributed by atoms with E-state index < -0.39 is 0 Å². The molecule has 1 aliphatic carbocycles. The normalized spacial score (nSPS) is 18.2. The van der Waals surface area contributed by atoms with Crippen LogP contribution in [0.4, 0.5) is 5.69 Å². The van der Waals surface area contributed by atoms with Crippen molar-refractivity contribution in [1.29, 1.82) is 5.41 Å². The smallest absolute Gasteiger partial charge is 0.120 e. The third kappa shape index (κ3) is 4.13. The molecule has 1 atom stereocenters. The van der Waals surface area contributed by atoms with Gasteiger partial charge in [-0.25, -0.2) is 0 Å². The molecule has 24 heavy (non-hydrogen) atoms. The van der Waals surface area contributed by atoms with Crippen molar-refractivity contribution in [3.8, 4) is 5.75 Å². The highest BCUT2D eigenvalue weighted by Gasteiger charge is 2.27. The van der Waals surface area contributed by atoms with E-state index in [0.29, 0.717) is 18.0 Å². The first-order valence-corrected chi connectivity index (χ1v) is 7.96. The predicted octanol–water partition coefficient (Wildman–Crippen LogP) is 4.96. The topological polar surface area (TPSA) is 59.1 Å². The van der Waals surface area contributed by atoms with E-state index in [-0.39, 0.29) is 5.92 Å². The molecule has 1 aliphatic rings. The fourth-order valence-electron chi connectivity index (χ4n) is 2.76. The Balaban J connectivity index is 2.16. The van der Waals surface area contributed by atoms with Crippen LogP contribution in [0.25, 0.3) is 0 Å². The van der Waals surface area contributed by atoms with Gasteiger partial charge in [0.15, 0.2) is 0 Å². The minimum absolute atomic E-state index is 0.0184. The van der Waals surface area contributed by atoms with E-state index in [1.807, 2.05) is 36.4 Å². The fraction of sp³-hybridized carbons (Fsp3) is 0.190. The van der Waals surface area contributed by atoms with E-state index in [0.717, 1.165) is 35.3 Å². The van der Waals surface area contributed by atoms with Gasteiger partial charge in [-0.2, -0.15) is 0 Å². The highest BCUT2D eigenvalue weighted by Crippen LogP contribution is 2.38. The molecule has 0 spiro atoms. The van der Waals surface area contributed by atoms with Crippen LogP contribution in [-0.2, 0) is 0 Å². The monoisotopic (exact) mass is 320 g/mol. The molecule has 2 rings (SSSR count). The summed E-state index contributed by atoms with van der Waals surface area (Å²) in [6, 6.07) is 5.64. The summed E-state index contributed by atoms with van der Waals surface area (Å²) in [6.07, 6.45) is 10.9. The SMILES string of the molecule is C=C/C=C\C(=C/C=C)COc1ccc(N)c(C2CCC(=C)C2=N)c1. The molecule has 1 unspecified atom stereocenters. The number of nitrogen functional groups attached to an aromatic ring is 1. The number of allylic oxidation sites excluding steroid dienone is 5. The van der Waals surface area contributed by atoms with E-state index in [1.54, 1.807) is 12.2 Å². The number of anilines is 1. The molecule has 1 saturated carbocycles. The third-order valence-electron chi connectivity index (χ3n) is 4.08. The van der Waals surface area contributed by atoms with E-state index in [1.165, 1.54) is 0 Å². The van der Waals surface area contributed by atoms with Gasteiger partial charge in [0.2, 0.25) is 0 Å². The van der Waals surface area contributed by atoms with Gasteiger partial charge in [-0.3, -0.25) is 0 Å². The quantitative estimate of drug-likeness (QED) is 0.551.